The molecule has 10 heteroatoms. The average molecular weight is 524 g/mol. The van der Waals surface area contributed by atoms with Crippen molar-refractivity contribution in [3.05, 3.63) is 100 Å². The summed E-state index contributed by atoms with van der Waals surface area (Å²) in [6, 6.07) is 20.0. The molecule has 0 saturated carbocycles. The van der Waals surface area contributed by atoms with Crippen molar-refractivity contribution in [1.29, 1.82) is 0 Å². The van der Waals surface area contributed by atoms with Gasteiger partial charge in [-0.3, -0.25) is 19.6 Å². The first-order valence-corrected chi connectivity index (χ1v) is 12.2. The van der Waals surface area contributed by atoms with Crippen molar-refractivity contribution < 1.29 is 19.2 Å². The zero-order valence-corrected chi connectivity index (χ0v) is 21.5. The van der Waals surface area contributed by atoms with Crippen LogP contribution in [0.15, 0.2) is 79.0 Å². The summed E-state index contributed by atoms with van der Waals surface area (Å²) in [5, 5.41) is 19.5. The molecule has 2 aromatic heterocycles. The first kappa shape index (κ1) is 25.4. The monoisotopic (exact) mass is 523 g/mol. The molecular formula is C29H25N5O5. The number of hydrogen-bond donors (Lipinski definition) is 1. The van der Waals surface area contributed by atoms with E-state index in [1.54, 1.807) is 43.6 Å². The van der Waals surface area contributed by atoms with Crippen molar-refractivity contribution in [2.45, 2.75) is 20.4 Å². The third kappa shape index (κ3) is 5.26. The zero-order valence-electron chi connectivity index (χ0n) is 21.5. The van der Waals surface area contributed by atoms with Crippen LogP contribution < -0.4 is 14.8 Å². The smallest absolute Gasteiger partial charge is 0.275 e. The number of para-hydroxylation sites is 1. The van der Waals surface area contributed by atoms with E-state index in [1.165, 1.54) is 18.2 Å². The quantitative estimate of drug-likeness (QED) is 0.185. The number of nitro groups is 1. The summed E-state index contributed by atoms with van der Waals surface area (Å²) in [6.07, 6.45) is 1.74. The van der Waals surface area contributed by atoms with E-state index in [9.17, 15) is 14.9 Å². The van der Waals surface area contributed by atoms with E-state index >= 15 is 0 Å². The van der Waals surface area contributed by atoms with Crippen LogP contribution in [-0.2, 0) is 6.54 Å². The maximum atomic E-state index is 13.6. The van der Waals surface area contributed by atoms with Gasteiger partial charge in [0.2, 0.25) is 0 Å². The topological polar surface area (TPSA) is 121 Å². The molecule has 1 amide bonds. The number of non-ortho nitro benzene ring substituents is 1. The lowest BCUT2D eigenvalue weighted by Gasteiger charge is -2.12. The van der Waals surface area contributed by atoms with Crippen molar-refractivity contribution in [3.63, 3.8) is 0 Å². The van der Waals surface area contributed by atoms with Gasteiger partial charge in [-0.05, 0) is 50.2 Å². The summed E-state index contributed by atoms with van der Waals surface area (Å²) < 4.78 is 12.9. The number of methoxy groups -OCH3 is 1. The van der Waals surface area contributed by atoms with Gasteiger partial charge in [-0.2, -0.15) is 5.10 Å². The third-order valence-corrected chi connectivity index (χ3v) is 6.29. The van der Waals surface area contributed by atoms with E-state index in [0.717, 1.165) is 11.3 Å². The standard InChI is InChI=1S/C29H25N5O5/c1-4-33-18(2)26(17-30-33)28-16-25(24-7-5-6-8-27(24)32-28)29(35)31-19-13-20(34(36)37)15-23(14-19)39-22-11-9-21(38-3)10-12-22/h5-17H,4H2,1-3H3,(H,31,35). The number of aryl methyl sites for hydroxylation is 1. The molecule has 0 fully saturated rings. The second-order valence-electron chi connectivity index (χ2n) is 8.74. The van der Waals surface area contributed by atoms with Gasteiger partial charge in [0.1, 0.15) is 17.2 Å². The van der Waals surface area contributed by atoms with Gasteiger partial charge < -0.3 is 14.8 Å². The van der Waals surface area contributed by atoms with Crippen LogP contribution in [-0.4, -0.2) is 32.7 Å². The number of fused-ring (bicyclic) bond motifs is 1. The number of ether oxygens (including phenoxy) is 2. The molecule has 0 unspecified atom stereocenters. The number of anilines is 1. The number of amides is 1. The molecule has 0 radical (unpaired) electrons. The highest BCUT2D eigenvalue weighted by Crippen LogP contribution is 2.32. The van der Waals surface area contributed by atoms with Gasteiger partial charge in [0, 0.05) is 35.3 Å². The number of carbonyl (C=O) groups excluding carboxylic acids is 1. The summed E-state index contributed by atoms with van der Waals surface area (Å²) in [6.45, 7) is 4.67. The Morgan fingerprint density at radius 1 is 1.03 bits per heavy atom. The van der Waals surface area contributed by atoms with Crippen molar-refractivity contribution in [3.8, 4) is 28.5 Å². The molecule has 0 spiro atoms. The van der Waals surface area contributed by atoms with Crippen LogP contribution in [0.3, 0.4) is 0 Å². The lowest BCUT2D eigenvalue weighted by atomic mass is 10.0. The van der Waals surface area contributed by atoms with Crippen LogP contribution in [0.2, 0.25) is 0 Å². The van der Waals surface area contributed by atoms with Crippen LogP contribution >= 0.6 is 0 Å². The SMILES string of the molecule is CCn1ncc(-c2cc(C(=O)Nc3cc(Oc4ccc(OC)cc4)cc([N+](=O)[O-])c3)c3ccccc3n2)c1C. The molecule has 0 bridgehead atoms. The van der Waals surface area contributed by atoms with Gasteiger partial charge in [0.15, 0.2) is 0 Å². The number of aromatic nitrogens is 3. The highest BCUT2D eigenvalue weighted by atomic mass is 16.6. The molecule has 5 aromatic rings. The molecule has 0 saturated heterocycles. The van der Waals surface area contributed by atoms with Gasteiger partial charge in [-0.15, -0.1) is 0 Å². The Labute approximate surface area is 224 Å². The first-order chi connectivity index (χ1) is 18.9. The van der Waals surface area contributed by atoms with Crippen molar-refractivity contribution in [2.24, 2.45) is 0 Å². The van der Waals surface area contributed by atoms with E-state index in [1.807, 2.05) is 42.8 Å². The van der Waals surface area contributed by atoms with Crippen molar-refractivity contribution >= 4 is 28.2 Å². The molecule has 10 nitrogen and oxygen atoms in total. The van der Waals surface area contributed by atoms with Gasteiger partial charge >= 0.3 is 0 Å². The second-order valence-corrected chi connectivity index (χ2v) is 8.74. The minimum Gasteiger partial charge on any atom is -0.497 e. The summed E-state index contributed by atoms with van der Waals surface area (Å²) >= 11 is 0. The lowest BCUT2D eigenvalue weighted by Crippen LogP contribution is -2.13. The van der Waals surface area contributed by atoms with Crippen LogP contribution in [0.4, 0.5) is 11.4 Å². The van der Waals surface area contributed by atoms with Gasteiger partial charge in [0.25, 0.3) is 11.6 Å². The number of nitro benzene ring substituents is 1. The predicted molar refractivity (Wildman–Crippen MR) is 147 cm³/mol. The molecular weight excluding hydrogens is 498 g/mol. The van der Waals surface area contributed by atoms with E-state index in [4.69, 9.17) is 14.5 Å². The fourth-order valence-corrected chi connectivity index (χ4v) is 4.32. The van der Waals surface area contributed by atoms with E-state index < -0.39 is 10.8 Å². The maximum absolute atomic E-state index is 13.6. The summed E-state index contributed by atoms with van der Waals surface area (Å²) in [7, 11) is 1.56. The fraction of sp³-hybridized carbons (Fsp3) is 0.138. The fourth-order valence-electron chi connectivity index (χ4n) is 4.32. The van der Waals surface area contributed by atoms with E-state index in [2.05, 4.69) is 10.4 Å². The second kappa shape index (κ2) is 10.6. The number of hydrogen-bond acceptors (Lipinski definition) is 7. The van der Waals surface area contributed by atoms with E-state index in [0.29, 0.717) is 40.2 Å². The molecule has 2 heterocycles. The Balaban J connectivity index is 1.51. The van der Waals surface area contributed by atoms with Crippen LogP contribution in [0, 0.1) is 17.0 Å². The third-order valence-electron chi connectivity index (χ3n) is 6.29. The Kier molecular flexibility index (Phi) is 6.92. The average Bonchev–Trinajstić information content (AvgIpc) is 3.32. The Hall–Kier alpha value is -5.25. The molecule has 39 heavy (non-hydrogen) atoms. The molecule has 196 valence electrons. The highest BCUT2D eigenvalue weighted by molar-refractivity contribution is 6.13. The first-order valence-electron chi connectivity index (χ1n) is 12.2. The molecule has 0 atom stereocenters. The maximum Gasteiger partial charge on any atom is 0.275 e. The number of rotatable bonds is 8. The van der Waals surface area contributed by atoms with Gasteiger partial charge in [-0.1, -0.05) is 18.2 Å². The minimum absolute atomic E-state index is 0.201. The summed E-state index contributed by atoms with van der Waals surface area (Å²) in [5.74, 6) is 0.871. The highest BCUT2D eigenvalue weighted by Gasteiger charge is 2.19. The summed E-state index contributed by atoms with van der Waals surface area (Å²) in [5.41, 5.74) is 3.38. The molecule has 0 aliphatic carbocycles. The predicted octanol–water partition coefficient (Wildman–Crippen LogP) is 6.39. The van der Waals surface area contributed by atoms with Crippen molar-refractivity contribution in [1.82, 2.24) is 14.8 Å². The summed E-state index contributed by atoms with van der Waals surface area (Å²) in [4.78, 5) is 29.5. The normalized spacial score (nSPS) is 10.8. The Morgan fingerprint density at radius 3 is 2.46 bits per heavy atom. The molecule has 0 aliphatic rings. The molecule has 0 aliphatic heterocycles. The van der Waals surface area contributed by atoms with Crippen LogP contribution in [0.1, 0.15) is 23.0 Å². The van der Waals surface area contributed by atoms with Crippen LogP contribution in [0.25, 0.3) is 22.2 Å². The molecule has 1 N–H and O–H groups in total. The number of nitrogens with one attached hydrogen (secondary N) is 1. The largest absolute Gasteiger partial charge is 0.497 e. The number of pyridine rings is 1. The number of nitrogens with zero attached hydrogens (tertiary/aromatic N) is 4. The Morgan fingerprint density at radius 2 is 1.77 bits per heavy atom. The molecule has 5 rings (SSSR count). The molecule has 3 aromatic carbocycles. The lowest BCUT2D eigenvalue weighted by molar-refractivity contribution is -0.384. The van der Waals surface area contributed by atoms with Crippen molar-refractivity contribution in [2.75, 3.05) is 12.4 Å². The van der Waals surface area contributed by atoms with Gasteiger partial charge in [-0.25, -0.2) is 4.98 Å². The number of carbonyl (C=O) groups is 1. The van der Waals surface area contributed by atoms with Crippen LogP contribution in [0.5, 0.6) is 17.2 Å². The minimum atomic E-state index is -0.537. The van der Waals surface area contributed by atoms with E-state index in [-0.39, 0.29) is 17.1 Å². The zero-order chi connectivity index (χ0) is 27.5. The van der Waals surface area contributed by atoms with Gasteiger partial charge in [0.05, 0.1) is 46.8 Å². The number of benzene rings is 3. The Bertz CT molecular complexity index is 1690.